The van der Waals surface area contributed by atoms with Crippen LogP contribution in [0.15, 0.2) is 17.0 Å². The summed E-state index contributed by atoms with van der Waals surface area (Å²) in [6.07, 6.45) is 10.4. The zero-order valence-corrected chi connectivity index (χ0v) is 19.1. The molecule has 2 aliphatic carbocycles. The number of nitrogens with two attached hydrogens (primary N) is 1. The third-order valence-electron chi connectivity index (χ3n) is 6.85. The summed E-state index contributed by atoms with van der Waals surface area (Å²) in [6, 6.07) is 6.72. The minimum atomic E-state index is 0.537. The molecule has 0 spiro atoms. The second kappa shape index (κ2) is 11.8. The Morgan fingerprint density at radius 2 is 1.23 bits per heavy atom. The summed E-state index contributed by atoms with van der Waals surface area (Å²) < 4.78 is 0. The maximum atomic E-state index is 5.76. The minimum Gasteiger partial charge on any atom is -0.330 e. The highest BCUT2D eigenvalue weighted by Crippen LogP contribution is 2.23. The molecule has 7 heteroatoms. The van der Waals surface area contributed by atoms with E-state index in [4.69, 9.17) is 10.7 Å². The molecule has 1 aromatic heterocycles. The molecule has 4 atom stereocenters. The number of rotatable bonds is 3. The van der Waals surface area contributed by atoms with Crippen molar-refractivity contribution in [1.29, 1.82) is 0 Å². The number of hydrogen-bond donors (Lipinski definition) is 5. The van der Waals surface area contributed by atoms with E-state index in [1.54, 1.807) is 0 Å². The van der Waals surface area contributed by atoms with Crippen molar-refractivity contribution in [3.8, 4) is 0 Å². The average Bonchev–Trinajstić information content (AvgIpc) is 2.79. The van der Waals surface area contributed by atoms with Crippen LogP contribution in [0.2, 0.25) is 0 Å². The van der Waals surface area contributed by atoms with Gasteiger partial charge in [-0.25, -0.2) is 0 Å². The van der Waals surface area contributed by atoms with Gasteiger partial charge in [-0.3, -0.25) is 4.98 Å². The van der Waals surface area contributed by atoms with E-state index in [2.05, 4.69) is 33.4 Å². The third kappa shape index (κ3) is 6.40. The van der Waals surface area contributed by atoms with E-state index in [0.29, 0.717) is 30.7 Å². The second-order valence-corrected chi connectivity index (χ2v) is 10.3. The lowest BCUT2D eigenvalue weighted by Crippen LogP contribution is -2.53. The maximum Gasteiger partial charge on any atom is 0.0556 e. The Hall–Kier alpha value is -0.700. The molecule has 3 aliphatic rings. The van der Waals surface area contributed by atoms with Crippen LogP contribution >= 0.6 is 11.8 Å². The lowest BCUT2D eigenvalue weighted by molar-refractivity contribution is 0.266. The Morgan fingerprint density at radius 3 is 1.70 bits per heavy atom. The fraction of sp³-hybridized carbons (Fsp3) is 0.783. The number of thioether (sulfide) groups is 1. The summed E-state index contributed by atoms with van der Waals surface area (Å²) in [5.74, 6) is 0.951. The number of pyridine rings is 1. The van der Waals surface area contributed by atoms with Crippen LogP contribution in [0, 0.1) is 0 Å². The van der Waals surface area contributed by atoms with Crippen molar-refractivity contribution in [3.05, 3.63) is 23.5 Å². The van der Waals surface area contributed by atoms with Crippen molar-refractivity contribution >= 4 is 11.8 Å². The molecule has 0 amide bonds. The molecule has 0 saturated heterocycles. The predicted octanol–water partition coefficient (Wildman–Crippen LogP) is 2.13. The molecule has 1 aromatic rings. The molecule has 6 nitrogen and oxygen atoms in total. The van der Waals surface area contributed by atoms with Crippen LogP contribution in [0.4, 0.5) is 0 Å². The van der Waals surface area contributed by atoms with Crippen LogP contribution in [0.1, 0.15) is 62.8 Å². The van der Waals surface area contributed by atoms with E-state index in [1.165, 1.54) is 56.3 Å². The van der Waals surface area contributed by atoms with Crippen molar-refractivity contribution in [1.82, 2.24) is 26.3 Å². The van der Waals surface area contributed by atoms with E-state index in [-0.39, 0.29) is 0 Å². The fourth-order valence-electron chi connectivity index (χ4n) is 5.29. The molecular formula is C23H40N6S. The summed E-state index contributed by atoms with van der Waals surface area (Å²) in [4.78, 5) is 6.31. The Bertz CT molecular complexity index is 608. The van der Waals surface area contributed by atoms with Crippen LogP contribution < -0.4 is 27.0 Å². The zero-order valence-electron chi connectivity index (χ0n) is 18.3. The van der Waals surface area contributed by atoms with Gasteiger partial charge in [0.05, 0.1) is 11.4 Å². The summed E-state index contributed by atoms with van der Waals surface area (Å²) >= 11 is 1.85. The van der Waals surface area contributed by atoms with Gasteiger partial charge in [0.1, 0.15) is 0 Å². The molecule has 2 heterocycles. The van der Waals surface area contributed by atoms with Gasteiger partial charge in [-0.05, 0) is 37.8 Å². The lowest BCUT2D eigenvalue weighted by atomic mass is 9.89. The van der Waals surface area contributed by atoms with Crippen molar-refractivity contribution < 1.29 is 0 Å². The van der Waals surface area contributed by atoms with E-state index in [9.17, 15) is 0 Å². The van der Waals surface area contributed by atoms with Gasteiger partial charge in [0, 0.05) is 67.5 Å². The van der Waals surface area contributed by atoms with Gasteiger partial charge in [-0.2, -0.15) is 0 Å². The highest BCUT2D eigenvalue weighted by Gasteiger charge is 2.26. The van der Waals surface area contributed by atoms with Crippen LogP contribution in [0.5, 0.6) is 0 Å². The van der Waals surface area contributed by atoms with Gasteiger partial charge in [0.15, 0.2) is 0 Å². The van der Waals surface area contributed by atoms with Gasteiger partial charge in [0.25, 0.3) is 0 Å². The van der Waals surface area contributed by atoms with E-state index in [0.717, 1.165) is 43.3 Å². The molecule has 2 unspecified atom stereocenters. The van der Waals surface area contributed by atoms with Gasteiger partial charge in [-0.15, -0.1) is 11.8 Å². The molecule has 4 rings (SSSR count). The highest BCUT2D eigenvalue weighted by atomic mass is 32.2. The molecular weight excluding hydrogens is 392 g/mol. The maximum absolute atomic E-state index is 5.76. The van der Waals surface area contributed by atoms with Crippen molar-refractivity contribution in [3.63, 3.8) is 0 Å². The Kier molecular flexibility index (Phi) is 8.84. The van der Waals surface area contributed by atoms with Gasteiger partial charge >= 0.3 is 0 Å². The normalized spacial score (nSPS) is 31.1. The van der Waals surface area contributed by atoms with Crippen LogP contribution in [0.25, 0.3) is 0 Å². The second-order valence-electron chi connectivity index (χ2n) is 9.09. The first kappa shape index (κ1) is 22.5. The summed E-state index contributed by atoms with van der Waals surface area (Å²) in [6.45, 7) is 4.50. The number of aromatic nitrogens is 1. The average molecular weight is 433 g/mol. The van der Waals surface area contributed by atoms with Gasteiger partial charge < -0.3 is 27.0 Å². The molecule has 1 aliphatic heterocycles. The lowest BCUT2D eigenvalue weighted by Gasteiger charge is -2.34. The van der Waals surface area contributed by atoms with E-state index >= 15 is 0 Å². The third-order valence-corrected chi connectivity index (χ3v) is 7.86. The first-order valence-electron chi connectivity index (χ1n) is 12.1. The number of nitrogens with zero attached hydrogens (tertiary/aromatic N) is 1. The van der Waals surface area contributed by atoms with Crippen LogP contribution in [-0.2, 0) is 13.1 Å². The van der Waals surface area contributed by atoms with Gasteiger partial charge in [-0.1, -0.05) is 25.7 Å². The number of nitrogens with one attached hydrogen (secondary N) is 4. The standard InChI is InChI=1S/C23H40N6S/c24-9-12-30-19-13-17-15-27-22-7-3-1-5-20(22)25-10-11-26-21-6-2-4-8-23(21)28-16-18(14-19)29-17/h13-14,20-23,25-28H,1-12,15-16,24H2/t20-,21?,22-,23?/m1/s1. The predicted molar refractivity (Wildman–Crippen MR) is 126 cm³/mol. The fourth-order valence-corrected chi connectivity index (χ4v) is 6.08. The molecule has 30 heavy (non-hydrogen) atoms. The largest absolute Gasteiger partial charge is 0.330 e. The topological polar surface area (TPSA) is 87.0 Å². The first-order chi connectivity index (χ1) is 14.8. The monoisotopic (exact) mass is 432 g/mol. The van der Waals surface area contributed by atoms with Crippen molar-refractivity contribution in [2.45, 2.75) is 93.5 Å². The molecule has 6 N–H and O–H groups in total. The van der Waals surface area contributed by atoms with E-state index in [1.807, 2.05) is 11.8 Å². The Morgan fingerprint density at radius 1 is 0.767 bits per heavy atom. The van der Waals surface area contributed by atoms with Crippen LogP contribution in [-0.4, -0.2) is 54.5 Å². The quantitative estimate of drug-likeness (QED) is 0.468. The zero-order chi connectivity index (χ0) is 20.6. The molecule has 2 saturated carbocycles. The van der Waals surface area contributed by atoms with E-state index < -0.39 is 0 Å². The van der Waals surface area contributed by atoms with Gasteiger partial charge in [0.2, 0.25) is 0 Å². The molecule has 168 valence electrons. The van der Waals surface area contributed by atoms with Crippen molar-refractivity contribution in [2.24, 2.45) is 5.73 Å². The summed E-state index contributed by atoms with van der Waals surface area (Å²) in [5.41, 5.74) is 8.07. The number of fused-ring (bicyclic) bond motifs is 4. The summed E-state index contributed by atoms with van der Waals surface area (Å²) in [5, 5.41) is 15.4. The smallest absolute Gasteiger partial charge is 0.0556 e. The minimum absolute atomic E-state index is 0.537. The first-order valence-corrected chi connectivity index (χ1v) is 13.1. The molecule has 0 aromatic carbocycles. The molecule has 2 fully saturated rings. The van der Waals surface area contributed by atoms with Crippen molar-refractivity contribution in [2.75, 3.05) is 25.4 Å². The Balaban J connectivity index is 1.52. The number of hydrogen-bond acceptors (Lipinski definition) is 7. The Labute approximate surface area is 186 Å². The SMILES string of the molecule is NCCSc1cc2nc(c1)CN[C@@H]1CCCC[C@H]1NCCNC1CCCCC1NC2. The van der Waals surface area contributed by atoms with Crippen LogP contribution in [0.3, 0.4) is 0 Å². The summed E-state index contributed by atoms with van der Waals surface area (Å²) in [7, 11) is 0. The molecule has 2 bridgehead atoms. The highest BCUT2D eigenvalue weighted by molar-refractivity contribution is 7.99. The molecule has 0 radical (unpaired) electrons.